The molecule has 1 aromatic rings. The maximum atomic E-state index is 12.2. The number of anilines is 1. The summed E-state index contributed by atoms with van der Waals surface area (Å²) in [7, 11) is 0. The lowest BCUT2D eigenvalue weighted by atomic mass is 10.3. The number of para-hydroxylation sites is 1. The van der Waals surface area contributed by atoms with Gasteiger partial charge in [0.05, 0.1) is 10.7 Å². The molecule has 1 aromatic carbocycles. The van der Waals surface area contributed by atoms with Crippen LogP contribution in [0.25, 0.3) is 0 Å². The predicted octanol–water partition coefficient (Wildman–Crippen LogP) is 3.25. The first kappa shape index (κ1) is 12.0. The van der Waals surface area contributed by atoms with E-state index in [1.54, 1.807) is 0 Å². The topological polar surface area (TPSA) is 35.2 Å². The average Bonchev–Trinajstić information content (AvgIpc) is 2.11. The fraction of sp³-hybridized carbons (Fsp3) is 0.333. The quantitative estimate of drug-likeness (QED) is 0.804. The van der Waals surface area contributed by atoms with E-state index in [1.807, 2.05) is 0 Å². The summed E-state index contributed by atoms with van der Waals surface area (Å²) >= 11 is 5.63. The lowest BCUT2D eigenvalue weighted by Crippen LogP contribution is -2.31. The molecule has 1 rings (SSSR count). The van der Waals surface area contributed by atoms with Gasteiger partial charge >= 0.3 is 6.18 Å². The van der Waals surface area contributed by atoms with Crippen molar-refractivity contribution in [1.82, 2.24) is 0 Å². The van der Waals surface area contributed by atoms with Crippen molar-refractivity contribution in [1.29, 1.82) is 0 Å². The van der Waals surface area contributed by atoms with Gasteiger partial charge in [-0.3, -0.25) is 0 Å². The Bertz CT molecular complexity index is 354. The SMILES string of the molecule is CC(Oc1cccc(Cl)c1N)C(F)(F)F. The Kier molecular flexibility index (Phi) is 3.34. The van der Waals surface area contributed by atoms with Crippen LogP contribution in [0.1, 0.15) is 6.92 Å². The fourth-order valence-corrected chi connectivity index (χ4v) is 1.04. The van der Waals surface area contributed by atoms with Gasteiger partial charge in [-0.05, 0) is 19.1 Å². The van der Waals surface area contributed by atoms with E-state index in [-0.39, 0.29) is 16.5 Å². The van der Waals surface area contributed by atoms with Crippen LogP contribution in [-0.4, -0.2) is 12.3 Å². The molecule has 0 bridgehead atoms. The Labute approximate surface area is 89.8 Å². The standard InChI is InChI=1S/C9H9ClF3NO/c1-5(9(11,12)13)15-7-4-2-3-6(10)8(7)14/h2-5H,14H2,1H3. The Balaban J connectivity index is 2.86. The van der Waals surface area contributed by atoms with Crippen molar-refractivity contribution < 1.29 is 17.9 Å². The molecule has 0 fully saturated rings. The number of nitrogen functional groups attached to an aromatic ring is 1. The lowest BCUT2D eigenvalue weighted by molar-refractivity contribution is -0.189. The number of ether oxygens (including phenoxy) is 1. The number of benzene rings is 1. The minimum atomic E-state index is -4.42. The Hall–Kier alpha value is -1.10. The van der Waals surface area contributed by atoms with E-state index in [2.05, 4.69) is 4.74 Å². The van der Waals surface area contributed by atoms with Gasteiger partial charge in [-0.2, -0.15) is 13.2 Å². The van der Waals surface area contributed by atoms with Crippen molar-refractivity contribution in [2.75, 3.05) is 5.73 Å². The molecule has 0 spiro atoms. The Morgan fingerprint density at radius 2 is 2.00 bits per heavy atom. The first-order valence-electron chi connectivity index (χ1n) is 4.09. The zero-order chi connectivity index (χ0) is 11.6. The normalized spacial score (nSPS) is 13.7. The average molecular weight is 240 g/mol. The third-order valence-corrected chi connectivity index (χ3v) is 2.11. The molecule has 0 heterocycles. The number of halogens is 4. The van der Waals surface area contributed by atoms with Crippen LogP contribution in [0.4, 0.5) is 18.9 Å². The van der Waals surface area contributed by atoms with Crippen molar-refractivity contribution >= 4 is 17.3 Å². The highest BCUT2D eigenvalue weighted by atomic mass is 35.5. The van der Waals surface area contributed by atoms with Crippen molar-refractivity contribution in [2.24, 2.45) is 0 Å². The third kappa shape index (κ3) is 2.92. The van der Waals surface area contributed by atoms with Crippen molar-refractivity contribution in [3.8, 4) is 5.75 Å². The van der Waals surface area contributed by atoms with Gasteiger partial charge in [0.15, 0.2) is 6.10 Å². The van der Waals surface area contributed by atoms with Gasteiger partial charge in [0.2, 0.25) is 0 Å². The van der Waals surface area contributed by atoms with E-state index in [0.29, 0.717) is 0 Å². The highest BCUT2D eigenvalue weighted by molar-refractivity contribution is 6.33. The molecule has 84 valence electrons. The summed E-state index contributed by atoms with van der Waals surface area (Å²) in [5.74, 6) is -0.0627. The van der Waals surface area contributed by atoms with Gasteiger partial charge in [-0.15, -0.1) is 0 Å². The van der Waals surface area contributed by atoms with Crippen molar-refractivity contribution in [2.45, 2.75) is 19.2 Å². The minimum absolute atomic E-state index is 0.00951. The van der Waals surface area contributed by atoms with Crippen LogP contribution in [0.5, 0.6) is 5.75 Å². The van der Waals surface area contributed by atoms with Crippen molar-refractivity contribution in [3.05, 3.63) is 23.2 Å². The smallest absolute Gasteiger partial charge is 0.425 e. The number of nitrogens with two attached hydrogens (primary N) is 1. The van der Waals surface area contributed by atoms with E-state index in [4.69, 9.17) is 17.3 Å². The summed E-state index contributed by atoms with van der Waals surface area (Å²) in [6.45, 7) is 0.903. The van der Waals surface area contributed by atoms with Gasteiger partial charge in [0.1, 0.15) is 5.75 Å². The molecule has 6 heteroatoms. The third-order valence-electron chi connectivity index (χ3n) is 1.78. The molecule has 0 aliphatic heterocycles. The molecule has 1 unspecified atom stereocenters. The molecule has 0 aliphatic carbocycles. The van der Waals surface area contributed by atoms with Gasteiger partial charge in [0.25, 0.3) is 0 Å². The maximum Gasteiger partial charge on any atom is 0.425 e. The Morgan fingerprint density at radius 1 is 1.40 bits per heavy atom. The van der Waals surface area contributed by atoms with E-state index in [1.165, 1.54) is 18.2 Å². The maximum absolute atomic E-state index is 12.2. The van der Waals surface area contributed by atoms with E-state index in [0.717, 1.165) is 6.92 Å². The van der Waals surface area contributed by atoms with Crippen LogP contribution in [0.2, 0.25) is 5.02 Å². The zero-order valence-corrected chi connectivity index (χ0v) is 8.56. The molecule has 1 atom stereocenters. The molecule has 2 N–H and O–H groups in total. The summed E-state index contributed by atoms with van der Waals surface area (Å²) in [5, 5.41) is 0.168. The van der Waals surface area contributed by atoms with E-state index < -0.39 is 12.3 Å². The number of hydrogen-bond donors (Lipinski definition) is 1. The minimum Gasteiger partial charge on any atom is -0.479 e. The van der Waals surface area contributed by atoms with Gasteiger partial charge in [-0.25, -0.2) is 0 Å². The number of alkyl halides is 3. The van der Waals surface area contributed by atoms with E-state index >= 15 is 0 Å². The van der Waals surface area contributed by atoms with Crippen LogP contribution >= 0.6 is 11.6 Å². The molecule has 15 heavy (non-hydrogen) atoms. The molecule has 0 aromatic heterocycles. The summed E-state index contributed by atoms with van der Waals surface area (Å²) in [6.07, 6.45) is -6.34. The largest absolute Gasteiger partial charge is 0.479 e. The van der Waals surface area contributed by atoms with Crippen LogP contribution in [0.15, 0.2) is 18.2 Å². The van der Waals surface area contributed by atoms with E-state index in [9.17, 15) is 13.2 Å². The molecular weight excluding hydrogens is 231 g/mol. The molecule has 0 saturated heterocycles. The number of rotatable bonds is 2. The highest BCUT2D eigenvalue weighted by Crippen LogP contribution is 2.32. The second-order valence-corrected chi connectivity index (χ2v) is 3.36. The second-order valence-electron chi connectivity index (χ2n) is 2.95. The fourth-order valence-electron chi connectivity index (χ4n) is 0.877. The molecule has 0 aliphatic rings. The predicted molar refractivity (Wildman–Crippen MR) is 52.0 cm³/mol. The zero-order valence-electron chi connectivity index (χ0n) is 7.81. The summed E-state index contributed by atoms with van der Waals surface area (Å²) in [5.41, 5.74) is 5.46. The Morgan fingerprint density at radius 3 is 2.53 bits per heavy atom. The first-order valence-corrected chi connectivity index (χ1v) is 4.47. The van der Waals surface area contributed by atoms with Gasteiger partial charge in [-0.1, -0.05) is 17.7 Å². The molecule has 0 amide bonds. The molecule has 0 radical (unpaired) electrons. The second kappa shape index (κ2) is 4.18. The van der Waals surface area contributed by atoms with Crippen LogP contribution in [0, 0.1) is 0 Å². The lowest BCUT2D eigenvalue weighted by Gasteiger charge is -2.18. The van der Waals surface area contributed by atoms with Gasteiger partial charge < -0.3 is 10.5 Å². The summed E-state index contributed by atoms with van der Waals surface area (Å²) < 4.78 is 41.2. The highest BCUT2D eigenvalue weighted by Gasteiger charge is 2.38. The molecule has 0 saturated carbocycles. The molecule has 2 nitrogen and oxygen atoms in total. The van der Waals surface area contributed by atoms with Crippen LogP contribution < -0.4 is 10.5 Å². The first-order chi connectivity index (χ1) is 6.82. The van der Waals surface area contributed by atoms with Crippen molar-refractivity contribution in [3.63, 3.8) is 0 Å². The van der Waals surface area contributed by atoms with Crippen LogP contribution in [-0.2, 0) is 0 Å². The summed E-state index contributed by atoms with van der Waals surface area (Å²) in [6, 6.07) is 4.28. The monoisotopic (exact) mass is 239 g/mol. The number of hydrogen-bond acceptors (Lipinski definition) is 2. The van der Waals surface area contributed by atoms with Crippen LogP contribution in [0.3, 0.4) is 0 Å². The van der Waals surface area contributed by atoms with Gasteiger partial charge in [0, 0.05) is 0 Å². The summed E-state index contributed by atoms with van der Waals surface area (Å²) in [4.78, 5) is 0. The molecular formula is C9H9ClF3NO.